The summed E-state index contributed by atoms with van der Waals surface area (Å²) in [6.07, 6.45) is -7.26. The predicted octanol–water partition coefficient (Wildman–Crippen LogP) is 8.51. The zero-order valence-corrected chi connectivity index (χ0v) is 22.3. The van der Waals surface area contributed by atoms with Gasteiger partial charge in [0.15, 0.2) is 0 Å². The average molecular weight is 563 g/mol. The Balaban J connectivity index is 1.58. The van der Waals surface area contributed by atoms with E-state index in [0.29, 0.717) is 30.7 Å². The molecule has 0 heterocycles. The quantitative estimate of drug-likeness (QED) is 0.270. The zero-order valence-electron chi connectivity index (χ0n) is 22.3. The Morgan fingerprint density at radius 2 is 1.30 bits per heavy atom. The topological polar surface area (TPSA) is 23.6 Å². The van der Waals surface area contributed by atoms with Crippen molar-refractivity contribution in [2.75, 3.05) is 11.9 Å². The zero-order chi connectivity index (χ0) is 29.1. The van der Waals surface area contributed by atoms with Crippen LogP contribution in [-0.2, 0) is 23.7 Å². The van der Waals surface area contributed by atoms with Crippen molar-refractivity contribution in [3.63, 3.8) is 0 Å². The molecule has 40 heavy (non-hydrogen) atoms. The highest BCUT2D eigenvalue weighted by Crippen LogP contribution is 2.40. The van der Waals surface area contributed by atoms with Crippen LogP contribution in [0, 0.1) is 5.92 Å². The Bertz CT molecular complexity index is 1240. The highest BCUT2D eigenvalue weighted by Gasteiger charge is 2.39. The monoisotopic (exact) mass is 562 g/mol. The van der Waals surface area contributed by atoms with Gasteiger partial charge >= 0.3 is 12.4 Å². The molecular weight excluding hydrogens is 530 g/mol. The van der Waals surface area contributed by atoms with Crippen LogP contribution >= 0.6 is 0 Å². The third kappa shape index (κ3) is 7.05. The second kappa shape index (κ2) is 12.0. The Morgan fingerprint density at radius 1 is 0.800 bits per heavy atom. The first-order chi connectivity index (χ1) is 18.8. The Kier molecular flexibility index (Phi) is 8.93. The molecule has 1 fully saturated rings. The van der Waals surface area contributed by atoms with Gasteiger partial charge < -0.3 is 4.90 Å². The fourth-order valence-electron chi connectivity index (χ4n) is 5.46. The minimum Gasteiger partial charge on any atom is -0.305 e. The van der Waals surface area contributed by atoms with Gasteiger partial charge in [-0.3, -0.25) is 9.69 Å². The van der Waals surface area contributed by atoms with Crippen LogP contribution in [0.3, 0.4) is 0 Å². The molecule has 1 unspecified atom stereocenters. The Hall–Kier alpha value is -3.33. The van der Waals surface area contributed by atoms with E-state index in [2.05, 4.69) is 17.0 Å². The molecule has 0 saturated heterocycles. The fraction of sp³-hybridized carbons (Fsp3) is 0.387. The number of nitrogens with zero attached hydrogens (tertiary/aromatic N) is 2. The summed E-state index contributed by atoms with van der Waals surface area (Å²) in [5.41, 5.74) is -1.41. The second-order valence-electron chi connectivity index (χ2n) is 10.5. The standard InChI is InChI=1S/C31H32F6N2O/c1-21(24-17-25(30(32,33)34)19-26(18-24)31(35,36)37)39(28-11-7-4-8-12-28)29(40)23-13-15-27(16-14-23)38(2)20-22-9-5-3-6-10-22/h3-12,17-19,21,23,27H,13-16,20H2,1-2H3/t21?,23-,27-. The van der Waals surface area contributed by atoms with Gasteiger partial charge in [-0.2, -0.15) is 26.3 Å². The molecule has 0 spiro atoms. The molecular formula is C31H32F6N2O. The smallest absolute Gasteiger partial charge is 0.305 e. The summed E-state index contributed by atoms with van der Waals surface area (Å²) in [7, 11) is 2.05. The van der Waals surface area contributed by atoms with Gasteiger partial charge in [-0.15, -0.1) is 0 Å². The van der Waals surface area contributed by atoms with E-state index in [4.69, 9.17) is 0 Å². The van der Waals surface area contributed by atoms with E-state index < -0.39 is 35.4 Å². The van der Waals surface area contributed by atoms with Gasteiger partial charge in [0, 0.05) is 24.2 Å². The summed E-state index contributed by atoms with van der Waals surface area (Å²) in [4.78, 5) is 17.5. The van der Waals surface area contributed by atoms with Crippen LogP contribution in [0.15, 0.2) is 78.9 Å². The molecule has 9 heteroatoms. The van der Waals surface area contributed by atoms with Crippen molar-refractivity contribution in [3.05, 3.63) is 101 Å². The number of anilines is 1. The average Bonchev–Trinajstić information content (AvgIpc) is 2.93. The third-order valence-corrected chi connectivity index (χ3v) is 7.70. The van der Waals surface area contributed by atoms with Crippen LogP contribution in [-0.4, -0.2) is 23.9 Å². The van der Waals surface area contributed by atoms with Crippen molar-refractivity contribution < 1.29 is 31.1 Å². The molecule has 0 N–H and O–H groups in total. The number of carbonyl (C=O) groups is 1. The van der Waals surface area contributed by atoms with Gasteiger partial charge in [0.05, 0.1) is 17.2 Å². The summed E-state index contributed by atoms with van der Waals surface area (Å²) < 4.78 is 81.4. The second-order valence-corrected chi connectivity index (χ2v) is 10.5. The van der Waals surface area contributed by atoms with Gasteiger partial charge in [0.1, 0.15) is 0 Å². The van der Waals surface area contributed by atoms with E-state index in [1.165, 1.54) is 17.4 Å². The summed E-state index contributed by atoms with van der Waals surface area (Å²) in [5, 5.41) is 0. The molecule has 214 valence electrons. The lowest BCUT2D eigenvalue weighted by molar-refractivity contribution is -0.143. The maximum atomic E-state index is 13.9. The summed E-state index contributed by atoms with van der Waals surface area (Å²) >= 11 is 0. The molecule has 3 aromatic carbocycles. The van der Waals surface area contributed by atoms with Crippen LogP contribution < -0.4 is 4.90 Å². The molecule has 1 aliphatic carbocycles. The van der Waals surface area contributed by atoms with Crippen LogP contribution in [0.5, 0.6) is 0 Å². The molecule has 3 nitrogen and oxygen atoms in total. The fourth-order valence-corrected chi connectivity index (χ4v) is 5.46. The predicted molar refractivity (Wildman–Crippen MR) is 142 cm³/mol. The van der Waals surface area contributed by atoms with E-state index in [0.717, 1.165) is 19.4 Å². The van der Waals surface area contributed by atoms with Crippen molar-refractivity contribution in [1.82, 2.24) is 4.90 Å². The highest BCUT2D eigenvalue weighted by atomic mass is 19.4. The molecule has 0 aliphatic heterocycles. The molecule has 0 radical (unpaired) electrons. The first kappa shape index (κ1) is 29.6. The van der Waals surface area contributed by atoms with Gasteiger partial charge in [-0.25, -0.2) is 0 Å². The number of rotatable bonds is 7. The minimum atomic E-state index is -4.97. The number of hydrogen-bond acceptors (Lipinski definition) is 2. The molecule has 4 rings (SSSR count). The lowest BCUT2D eigenvalue weighted by atomic mass is 9.84. The van der Waals surface area contributed by atoms with Gasteiger partial charge in [0.25, 0.3) is 0 Å². The van der Waals surface area contributed by atoms with Crippen molar-refractivity contribution >= 4 is 11.6 Å². The maximum Gasteiger partial charge on any atom is 0.416 e. The molecule has 1 amide bonds. The summed E-state index contributed by atoms with van der Waals surface area (Å²) in [5.74, 6) is -0.689. The number of amides is 1. The van der Waals surface area contributed by atoms with Crippen LogP contribution in [0.1, 0.15) is 60.9 Å². The number of halogens is 6. The summed E-state index contributed by atoms with van der Waals surface area (Å²) in [6, 6.07) is 19.2. The van der Waals surface area contributed by atoms with E-state index in [9.17, 15) is 31.1 Å². The number of hydrogen-bond donors (Lipinski definition) is 0. The molecule has 3 aromatic rings. The van der Waals surface area contributed by atoms with E-state index in [-0.39, 0.29) is 23.6 Å². The van der Waals surface area contributed by atoms with Crippen molar-refractivity contribution in [2.24, 2.45) is 5.92 Å². The normalized spacial score (nSPS) is 18.9. The molecule has 0 aromatic heterocycles. The van der Waals surface area contributed by atoms with Crippen LogP contribution in [0.25, 0.3) is 0 Å². The first-order valence-corrected chi connectivity index (χ1v) is 13.3. The minimum absolute atomic E-state index is 0.109. The summed E-state index contributed by atoms with van der Waals surface area (Å²) in [6.45, 7) is 2.24. The number of carbonyl (C=O) groups excluding carboxylic acids is 1. The van der Waals surface area contributed by atoms with Gasteiger partial charge in [-0.05, 0) is 81.1 Å². The Labute approximate surface area is 230 Å². The van der Waals surface area contributed by atoms with E-state index >= 15 is 0 Å². The maximum absolute atomic E-state index is 13.9. The molecule has 1 atom stereocenters. The SMILES string of the molecule is CC(c1cc(C(F)(F)F)cc(C(F)(F)F)c1)N(c1ccccc1)C(=O)[C@H]1CC[C@H](N(C)Cc2ccccc2)CC1. The van der Waals surface area contributed by atoms with Gasteiger partial charge in [-0.1, -0.05) is 48.5 Å². The van der Waals surface area contributed by atoms with Crippen molar-refractivity contribution in [1.29, 1.82) is 0 Å². The number of alkyl halides is 6. The number of para-hydroxylation sites is 1. The Morgan fingerprint density at radius 3 is 1.80 bits per heavy atom. The first-order valence-electron chi connectivity index (χ1n) is 13.3. The van der Waals surface area contributed by atoms with Crippen LogP contribution in [0.4, 0.5) is 32.0 Å². The molecule has 0 bridgehead atoms. The molecule has 1 saturated carbocycles. The highest BCUT2D eigenvalue weighted by molar-refractivity contribution is 5.95. The van der Waals surface area contributed by atoms with Gasteiger partial charge in [0.2, 0.25) is 5.91 Å². The molecule has 1 aliphatic rings. The largest absolute Gasteiger partial charge is 0.416 e. The van der Waals surface area contributed by atoms with Crippen molar-refractivity contribution in [3.8, 4) is 0 Å². The van der Waals surface area contributed by atoms with Crippen LogP contribution in [0.2, 0.25) is 0 Å². The van der Waals surface area contributed by atoms with E-state index in [1.54, 1.807) is 30.3 Å². The lowest BCUT2D eigenvalue weighted by Gasteiger charge is -2.38. The van der Waals surface area contributed by atoms with Crippen molar-refractivity contribution in [2.45, 2.75) is 63.6 Å². The van der Waals surface area contributed by atoms with E-state index in [1.807, 2.05) is 25.2 Å². The number of benzene rings is 3. The lowest BCUT2D eigenvalue weighted by Crippen LogP contribution is -2.42. The third-order valence-electron chi connectivity index (χ3n) is 7.70.